The van der Waals surface area contributed by atoms with Crippen LogP contribution in [-0.2, 0) is 26.1 Å². The minimum atomic E-state index is -0.730. The Morgan fingerprint density at radius 1 is 0.889 bits per heavy atom. The summed E-state index contributed by atoms with van der Waals surface area (Å²) < 4.78 is 10.8. The molecule has 0 fully saturated rings. The van der Waals surface area contributed by atoms with Crippen molar-refractivity contribution in [2.45, 2.75) is 91.4 Å². The van der Waals surface area contributed by atoms with Gasteiger partial charge in [-0.1, -0.05) is 24.3 Å². The van der Waals surface area contributed by atoms with Crippen LogP contribution in [0, 0.1) is 0 Å². The fourth-order valence-electron chi connectivity index (χ4n) is 2.49. The Labute approximate surface area is 163 Å². The highest BCUT2D eigenvalue weighted by Gasteiger charge is 2.34. The van der Waals surface area contributed by atoms with E-state index in [1.807, 2.05) is 86.6 Å². The van der Waals surface area contributed by atoms with Crippen LogP contribution >= 0.6 is 0 Å². The van der Waals surface area contributed by atoms with Crippen LogP contribution in [0.5, 0.6) is 0 Å². The molecule has 1 rings (SSSR count). The normalized spacial score (nSPS) is 13.7. The predicted molar refractivity (Wildman–Crippen MR) is 108 cm³/mol. The van der Waals surface area contributed by atoms with Crippen LogP contribution in [0.25, 0.3) is 0 Å². The number of alkyl carbamates (subject to hydrolysis) is 1. The van der Waals surface area contributed by atoms with E-state index in [4.69, 9.17) is 9.47 Å². The molecule has 1 aromatic rings. The van der Waals surface area contributed by atoms with E-state index in [1.165, 1.54) is 0 Å². The molecule has 0 radical (unpaired) electrons. The number of carbonyl (C=O) groups is 2. The Kier molecular flexibility index (Phi) is 7.09. The fraction of sp³-hybridized carbons (Fsp3) is 0.636. The Bertz CT molecular complexity index is 648. The van der Waals surface area contributed by atoms with Crippen LogP contribution in [-0.4, -0.2) is 29.3 Å². The molecule has 0 spiro atoms. The molecule has 1 unspecified atom stereocenters. The summed E-state index contributed by atoms with van der Waals surface area (Å²) >= 11 is 0. The maximum absolute atomic E-state index is 12.5. The predicted octanol–water partition coefficient (Wildman–Crippen LogP) is 4.76. The standard InChI is InChI=1S/C22H35NO4/c1-15(23-19(25)27-21(5,6)7)14-16-10-12-17(13-11-16)22(8,9)18(24)26-20(2,3)4/h10-13,15H,14H2,1-9H3,(H,23,25). The molecule has 1 N–H and O–H groups in total. The Morgan fingerprint density at radius 2 is 1.37 bits per heavy atom. The first-order valence-electron chi connectivity index (χ1n) is 9.42. The van der Waals surface area contributed by atoms with E-state index in [0.29, 0.717) is 6.42 Å². The summed E-state index contributed by atoms with van der Waals surface area (Å²) in [6.07, 6.45) is 0.254. The summed E-state index contributed by atoms with van der Waals surface area (Å²) in [6, 6.07) is 7.78. The highest BCUT2D eigenvalue weighted by molar-refractivity contribution is 5.82. The molecule has 0 heterocycles. The average molecular weight is 378 g/mol. The van der Waals surface area contributed by atoms with E-state index in [0.717, 1.165) is 11.1 Å². The Morgan fingerprint density at radius 3 is 1.81 bits per heavy atom. The number of carbonyl (C=O) groups excluding carboxylic acids is 2. The number of ether oxygens (including phenoxy) is 2. The zero-order valence-corrected chi connectivity index (χ0v) is 18.2. The summed E-state index contributed by atoms with van der Waals surface area (Å²) in [4.78, 5) is 24.3. The summed E-state index contributed by atoms with van der Waals surface area (Å²) in [6.45, 7) is 16.8. The van der Waals surface area contributed by atoms with Gasteiger partial charge in [0, 0.05) is 6.04 Å². The largest absolute Gasteiger partial charge is 0.459 e. The van der Waals surface area contributed by atoms with Crippen molar-refractivity contribution in [1.29, 1.82) is 0 Å². The van der Waals surface area contributed by atoms with Crippen LogP contribution in [0.15, 0.2) is 24.3 Å². The maximum Gasteiger partial charge on any atom is 0.407 e. The Balaban J connectivity index is 2.73. The fourth-order valence-corrected chi connectivity index (χ4v) is 2.49. The van der Waals surface area contributed by atoms with Gasteiger partial charge in [0.2, 0.25) is 0 Å². The molecule has 0 saturated heterocycles. The highest BCUT2D eigenvalue weighted by Crippen LogP contribution is 2.27. The molecule has 0 saturated carbocycles. The van der Waals surface area contributed by atoms with Gasteiger partial charge in [-0.15, -0.1) is 0 Å². The van der Waals surface area contributed by atoms with Crippen LogP contribution < -0.4 is 5.32 Å². The third kappa shape index (κ3) is 8.02. The van der Waals surface area contributed by atoms with E-state index < -0.39 is 22.7 Å². The molecular formula is C22H35NO4. The van der Waals surface area contributed by atoms with Gasteiger partial charge in [-0.25, -0.2) is 4.79 Å². The second kappa shape index (κ2) is 8.32. The summed E-state index contributed by atoms with van der Waals surface area (Å²) in [5.41, 5.74) is 0.206. The maximum atomic E-state index is 12.5. The first-order chi connectivity index (χ1) is 12.1. The molecule has 0 bridgehead atoms. The van der Waals surface area contributed by atoms with Crippen molar-refractivity contribution in [1.82, 2.24) is 5.32 Å². The van der Waals surface area contributed by atoms with Crippen molar-refractivity contribution >= 4 is 12.1 Å². The van der Waals surface area contributed by atoms with E-state index in [9.17, 15) is 9.59 Å². The van der Waals surface area contributed by atoms with Gasteiger partial charge in [-0.3, -0.25) is 4.79 Å². The van der Waals surface area contributed by atoms with Crippen molar-refractivity contribution < 1.29 is 19.1 Å². The summed E-state index contributed by atoms with van der Waals surface area (Å²) in [5.74, 6) is -0.247. The van der Waals surface area contributed by atoms with Crippen LogP contribution in [0.4, 0.5) is 4.79 Å². The van der Waals surface area contributed by atoms with Gasteiger partial charge < -0.3 is 14.8 Å². The number of amides is 1. The minimum absolute atomic E-state index is 0.0652. The number of rotatable bonds is 5. The third-order valence-corrected chi connectivity index (χ3v) is 3.89. The van der Waals surface area contributed by atoms with Crippen molar-refractivity contribution in [2.75, 3.05) is 0 Å². The topological polar surface area (TPSA) is 64.6 Å². The van der Waals surface area contributed by atoms with Gasteiger partial charge in [-0.2, -0.15) is 0 Å². The van der Waals surface area contributed by atoms with Crippen molar-refractivity contribution in [2.24, 2.45) is 0 Å². The van der Waals surface area contributed by atoms with Gasteiger partial charge in [0.05, 0.1) is 5.41 Å². The molecule has 1 atom stereocenters. The van der Waals surface area contributed by atoms with Gasteiger partial charge in [0.15, 0.2) is 0 Å². The van der Waals surface area contributed by atoms with Gasteiger partial charge in [0.1, 0.15) is 11.2 Å². The van der Waals surface area contributed by atoms with Gasteiger partial charge >= 0.3 is 12.1 Å². The lowest BCUT2D eigenvalue weighted by molar-refractivity contribution is -0.160. The third-order valence-electron chi connectivity index (χ3n) is 3.89. The Hall–Kier alpha value is -2.04. The lowest BCUT2D eigenvalue weighted by Gasteiger charge is -2.29. The van der Waals surface area contributed by atoms with Crippen molar-refractivity contribution in [3.05, 3.63) is 35.4 Å². The SMILES string of the molecule is CC(Cc1ccc(C(C)(C)C(=O)OC(C)(C)C)cc1)NC(=O)OC(C)(C)C. The first kappa shape index (κ1) is 23.0. The van der Waals surface area contributed by atoms with E-state index >= 15 is 0 Å². The summed E-state index contributed by atoms with van der Waals surface area (Å²) in [5, 5.41) is 2.84. The van der Waals surface area contributed by atoms with Crippen LogP contribution in [0.2, 0.25) is 0 Å². The zero-order chi connectivity index (χ0) is 21.0. The number of nitrogens with one attached hydrogen (secondary N) is 1. The molecule has 0 aliphatic rings. The smallest absolute Gasteiger partial charge is 0.407 e. The number of benzene rings is 1. The molecular weight excluding hydrogens is 342 g/mol. The van der Waals surface area contributed by atoms with E-state index in [2.05, 4.69) is 5.32 Å². The van der Waals surface area contributed by atoms with E-state index in [-0.39, 0.29) is 12.0 Å². The van der Waals surface area contributed by atoms with Gasteiger partial charge in [0.25, 0.3) is 0 Å². The van der Waals surface area contributed by atoms with Crippen molar-refractivity contribution in [3.63, 3.8) is 0 Å². The van der Waals surface area contributed by atoms with E-state index in [1.54, 1.807) is 0 Å². The first-order valence-corrected chi connectivity index (χ1v) is 9.42. The number of hydrogen-bond acceptors (Lipinski definition) is 4. The molecule has 0 aliphatic heterocycles. The number of esters is 1. The minimum Gasteiger partial charge on any atom is -0.459 e. The lowest BCUT2D eigenvalue weighted by Crippen LogP contribution is -2.38. The molecule has 1 aromatic carbocycles. The molecule has 1 amide bonds. The van der Waals surface area contributed by atoms with Crippen LogP contribution in [0.1, 0.15) is 73.4 Å². The molecule has 5 nitrogen and oxygen atoms in total. The monoisotopic (exact) mass is 377 g/mol. The molecule has 0 aromatic heterocycles. The molecule has 5 heteroatoms. The second-order valence-corrected chi connectivity index (χ2v) is 9.58. The highest BCUT2D eigenvalue weighted by atomic mass is 16.6. The molecule has 0 aliphatic carbocycles. The second-order valence-electron chi connectivity index (χ2n) is 9.58. The molecule has 27 heavy (non-hydrogen) atoms. The zero-order valence-electron chi connectivity index (χ0n) is 18.2. The summed E-state index contributed by atoms with van der Waals surface area (Å²) in [7, 11) is 0. The van der Waals surface area contributed by atoms with Gasteiger partial charge in [-0.05, 0) is 79.9 Å². The lowest BCUT2D eigenvalue weighted by atomic mass is 9.84. The van der Waals surface area contributed by atoms with Crippen LogP contribution in [0.3, 0.4) is 0 Å². The average Bonchev–Trinajstić information content (AvgIpc) is 2.43. The number of hydrogen-bond donors (Lipinski definition) is 1. The van der Waals surface area contributed by atoms with Crippen molar-refractivity contribution in [3.8, 4) is 0 Å². The quantitative estimate of drug-likeness (QED) is 0.751. The molecule has 152 valence electrons.